The summed E-state index contributed by atoms with van der Waals surface area (Å²) in [6.07, 6.45) is 6.49. The van der Waals surface area contributed by atoms with E-state index in [0.717, 1.165) is 0 Å². The standard InChI is InChI=1S/C60H64N2/c1-35-24-49(25-36(2)43(35)9)61(50-26-37(3)44(10)38(4)27-50)59-33-57-54-23-22-48(47-18-14-13-15-19-47)32-58(54)60(34-56(57)53-20-16-17-21-55(53)59)62(51-28-39(5)45(11)40(6)29-51)52-30-41(7)46(12)42(8)31-52/h16-17,20-34,47H,13-15,18-19H2,1-12H3. The predicted octanol–water partition coefficient (Wildman–Crippen LogP) is 17.8. The van der Waals surface area contributed by atoms with Gasteiger partial charge in [-0.3, -0.25) is 0 Å². The molecule has 0 aliphatic heterocycles. The van der Waals surface area contributed by atoms with Gasteiger partial charge in [-0.15, -0.1) is 0 Å². The van der Waals surface area contributed by atoms with Gasteiger partial charge in [-0.2, -0.15) is 0 Å². The molecule has 1 aliphatic rings. The van der Waals surface area contributed by atoms with Gasteiger partial charge in [-0.25, -0.2) is 0 Å². The molecule has 9 rings (SSSR count). The summed E-state index contributed by atoms with van der Waals surface area (Å²) >= 11 is 0. The zero-order valence-corrected chi connectivity index (χ0v) is 39.3. The van der Waals surface area contributed by atoms with Crippen LogP contribution in [0.1, 0.15) is 110 Å². The number of benzene rings is 8. The lowest BCUT2D eigenvalue weighted by atomic mass is 9.82. The second kappa shape index (κ2) is 16.1. The van der Waals surface area contributed by atoms with Crippen LogP contribution in [0.3, 0.4) is 0 Å². The molecule has 1 aliphatic carbocycles. The molecule has 0 amide bonds. The molecule has 62 heavy (non-hydrogen) atoms. The Labute approximate surface area is 371 Å². The molecule has 1 saturated carbocycles. The van der Waals surface area contributed by atoms with Crippen molar-refractivity contribution in [1.29, 1.82) is 0 Å². The van der Waals surface area contributed by atoms with Crippen molar-refractivity contribution in [2.45, 2.75) is 121 Å². The van der Waals surface area contributed by atoms with E-state index in [9.17, 15) is 0 Å². The largest absolute Gasteiger partial charge is 0.310 e. The molecule has 8 aromatic carbocycles. The number of rotatable bonds is 7. The Balaban J connectivity index is 1.42. The van der Waals surface area contributed by atoms with E-state index in [1.165, 1.54) is 171 Å². The second-order valence-electron chi connectivity index (χ2n) is 19.1. The van der Waals surface area contributed by atoms with Gasteiger partial charge in [-0.05, 0) is 262 Å². The first kappa shape index (κ1) is 41.5. The Morgan fingerprint density at radius 1 is 0.323 bits per heavy atom. The molecule has 0 heterocycles. The van der Waals surface area contributed by atoms with Crippen molar-refractivity contribution < 1.29 is 0 Å². The van der Waals surface area contributed by atoms with Crippen LogP contribution in [-0.4, -0.2) is 0 Å². The van der Waals surface area contributed by atoms with Crippen LogP contribution in [0.4, 0.5) is 34.1 Å². The average molecular weight is 813 g/mol. The topological polar surface area (TPSA) is 6.48 Å². The molecule has 0 aromatic heterocycles. The molecule has 1 fully saturated rings. The highest BCUT2D eigenvalue weighted by molar-refractivity contribution is 6.24. The lowest BCUT2D eigenvalue weighted by Gasteiger charge is -2.32. The molecule has 0 unspecified atom stereocenters. The fraction of sp³-hybridized carbons (Fsp3) is 0.300. The van der Waals surface area contributed by atoms with Gasteiger partial charge >= 0.3 is 0 Å². The highest BCUT2D eigenvalue weighted by Gasteiger charge is 2.25. The number of anilines is 6. The minimum Gasteiger partial charge on any atom is -0.310 e. The molecule has 314 valence electrons. The van der Waals surface area contributed by atoms with Crippen LogP contribution in [0, 0.1) is 83.1 Å². The van der Waals surface area contributed by atoms with E-state index < -0.39 is 0 Å². The van der Waals surface area contributed by atoms with Crippen LogP contribution in [0.5, 0.6) is 0 Å². The van der Waals surface area contributed by atoms with Crippen LogP contribution in [0.15, 0.2) is 103 Å². The minimum absolute atomic E-state index is 0.585. The SMILES string of the molecule is Cc1cc(N(c2cc(C)c(C)c(C)c2)c2cc3c4ccc(C5CCCCC5)cc4c(N(c4cc(C)c(C)c(C)c4)c4cc(C)c(C)c(C)c4)cc3c3ccccc23)cc(C)c1C. The number of hydrogen-bond donors (Lipinski definition) is 0. The van der Waals surface area contributed by atoms with Gasteiger partial charge in [0.25, 0.3) is 0 Å². The van der Waals surface area contributed by atoms with E-state index >= 15 is 0 Å². The quantitative estimate of drug-likeness (QED) is 0.148. The molecule has 2 nitrogen and oxygen atoms in total. The lowest BCUT2D eigenvalue weighted by molar-refractivity contribution is 0.444. The molecule has 8 aromatic rings. The third-order valence-corrected chi connectivity index (χ3v) is 15.2. The smallest absolute Gasteiger partial charge is 0.0546 e. The molecular formula is C60H64N2. The fourth-order valence-corrected chi connectivity index (χ4v) is 10.5. The second-order valence-corrected chi connectivity index (χ2v) is 19.1. The van der Waals surface area contributed by atoms with Crippen molar-refractivity contribution in [3.63, 3.8) is 0 Å². The lowest BCUT2D eigenvalue weighted by Crippen LogP contribution is -2.14. The highest BCUT2D eigenvalue weighted by atomic mass is 15.2. The van der Waals surface area contributed by atoms with E-state index in [4.69, 9.17) is 0 Å². The summed E-state index contributed by atoms with van der Waals surface area (Å²) in [5.74, 6) is 0.585. The molecule has 0 N–H and O–H groups in total. The first-order valence-electron chi connectivity index (χ1n) is 23.0. The Hall–Kier alpha value is -5.86. The maximum atomic E-state index is 2.58. The Kier molecular flexibility index (Phi) is 10.8. The number of fused-ring (bicyclic) bond motifs is 5. The van der Waals surface area contributed by atoms with Crippen LogP contribution in [0.25, 0.3) is 32.3 Å². The first-order valence-corrected chi connectivity index (χ1v) is 23.0. The minimum atomic E-state index is 0.585. The molecule has 0 saturated heterocycles. The van der Waals surface area contributed by atoms with Crippen molar-refractivity contribution in [3.8, 4) is 0 Å². The number of hydrogen-bond acceptors (Lipinski definition) is 2. The van der Waals surface area contributed by atoms with E-state index in [-0.39, 0.29) is 0 Å². The average Bonchev–Trinajstić information content (AvgIpc) is 3.26. The number of nitrogens with zero attached hydrogens (tertiary/aromatic N) is 2. The Morgan fingerprint density at radius 3 is 1.05 bits per heavy atom. The van der Waals surface area contributed by atoms with E-state index in [2.05, 4.69) is 196 Å². The number of aryl methyl sites for hydroxylation is 8. The molecule has 0 radical (unpaired) electrons. The molecule has 2 heteroatoms. The summed E-state index contributed by atoms with van der Waals surface area (Å²) in [6.45, 7) is 27.1. The van der Waals surface area contributed by atoms with Crippen LogP contribution < -0.4 is 9.80 Å². The summed E-state index contributed by atoms with van der Waals surface area (Å²) in [5, 5.41) is 7.67. The Bertz CT molecular complexity index is 2880. The maximum absolute atomic E-state index is 2.58. The van der Waals surface area contributed by atoms with Crippen molar-refractivity contribution >= 4 is 66.4 Å². The predicted molar refractivity (Wildman–Crippen MR) is 271 cm³/mol. The molecule has 0 atom stereocenters. The molecule has 0 bridgehead atoms. The summed E-state index contributed by atoms with van der Waals surface area (Å²) in [6, 6.07) is 40.9. The monoisotopic (exact) mass is 813 g/mol. The van der Waals surface area contributed by atoms with Gasteiger partial charge in [0, 0.05) is 33.5 Å². The van der Waals surface area contributed by atoms with E-state index in [1.807, 2.05) is 0 Å². The van der Waals surface area contributed by atoms with Crippen molar-refractivity contribution in [2.75, 3.05) is 9.80 Å². The van der Waals surface area contributed by atoms with Gasteiger partial charge in [-0.1, -0.05) is 55.7 Å². The van der Waals surface area contributed by atoms with Crippen molar-refractivity contribution in [3.05, 3.63) is 175 Å². The van der Waals surface area contributed by atoms with Gasteiger partial charge in [0.05, 0.1) is 11.4 Å². The third-order valence-electron chi connectivity index (χ3n) is 15.2. The highest BCUT2D eigenvalue weighted by Crippen LogP contribution is 2.50. The fourth-order valence-electron chi connectivity index (χ4n) is 10.5. The molecule has 0 spiro atoms. The Morgan fingerprint density at radius 2 is 0.661 bits per heavy atom. The van der Waals surface area contributed by atoms with Gasteiger partial charge in [0.1, 0.15) is 0 Å². The van der Waals surface area contributed by atoms with Gasteiger partial charge in [0.15, 0.2) is 0 Å². The van der Waals surface area contributed by atoms with Crippen LogP contribution >= 0.6 is 0 Å². The van der Waals surface area contributed by atoms with E-state index in [0.29, 0.717) is 5.92 Å². The summed E-state index contributed by atoms with van der Waals surface area (Å²) in [4.78, 5) is 5.12. The van der Waals surface area contributed by atoms with Crippen molar-refractivity contribution in [1.82, 2.24) is 0 Å². The summed E-state index contributed by atoms with van der Waals surface area (Å²) in [5.41, 5.74) is 24.6. The van der Waals surface area contributed by atoms with Crippen molar-refractivity contribution in [2.24, 2.45) is 0 Å². The molecular weight excluding hydrogens is 749 g/mol. The third kappa shape index (κ3) is 7.16. The zero-order chi connectivity index (χ0) is 43.7. The van der Waals surface area contributed by atoms with Crippen LogP contribution in [0.2, 0.25) is 0 Å². The maximum Gasteiger partial charge on any atom is 0.0546 e. The van der Waals surface area contributed by atoms with Gasteiger partial charge in [0.2, 0.25) is 0 Å². The van der Waals surface area contributed by atoms with E-state index in [1.54, 1.807) is 0 Å². The van der Waals surface area contributed by atoms with Crippen LogP contribution in [-0.2, 0) is 0 Å². The first-order chi connectivity index (χ1) is 29.7. The zero-order valence-electron chi connectivity index (χ0n) is 39.3. The normalized spacial score (nSPS) is 13.4. The van der Waals surface area contributed by atoms with Gasteiger partial charge < -0.3 is 9.80 Å². The summed E-state index contributed by atoms with van der Waals surface area (Å²) < 4.78 is 0. The summed E-state index contributed by atoms with van der Waals surface area (Å²) in [7, 11) is 0.